The van der Waals surface area contributed by atoms with Crippen LogP contribution in [-0.4, -0.2) is 18.5 Å². The lowest BCUT2D eigenvalue weighted by Gasteiger charge is -2.07. The number of carbonyl (C=O) groups excluding carboxylic acids is 2. The van der Waals surface area contributed by atoms with Crippen LogP contribution in [0.25, 0.3) is 11.1 Å². The molecule has 28 heavy (non-hydrogen) atoms. The Kier molecular flexibility index (Phi) is 7.98. The smallest absolute Gasteiger partial charge is 0.333 e. The van der Waals surface area contributed by atoms with Gasteiger partial charge in [0.15, 0.2) is 0 Å². The molecular weight excluding hydrogens is 352 g/mol. The summed E-state index contributed by atoms with van der Waals surface area (Å²) in [5.74, 6) is -0.410. The van der Waals surface area contributed by atoms with Crippen LogP contribution in [0.5, 0.6) is 0 Å². The highest BCUT2D eigenvalue weighted by molar-refractivity contribution is 5.91. The first kappa shape index (κ1) is 20.9. The molecule has 144 valence electrons. The summed E-state index contributed by atoms with van der Waals surface area (Å²) in [5, 5.41) is 11.7. The Labute approximate surface area is 165 Å². The predicted octanol–water partition coefficient (Wildman–Crippen LogP) is 4.84. The SMILES string of the molecule is C=C(C)C(=O)OCCCCCC(=O)Nc1ccc(-c2ccc(C#N)cc2)cc1. The van der Waals surface area contributed by atoms with E-state index in [0.717, 1.165) is 36.1 Å². The second-order valence-electron chi connectivity index (χ2n) is 6.54. The zero-order chi connectivity index (χ0) is 20.4. The van der Waals surface area contributed by atoms with Crippen LogP contribution < -0.4 is 5.32 Å². The van der Waals surface area contributed by atoms with Gasteiger partial charge in [-0.15, -0.1) is 0 Å². The number of nitrogens with one attached hydrogen (secondary N) is 1. The average Bonchev–Trinajstić information content (AvgIpc) is 2.71. The van der Waals surface area contributed by atoms with Gasteiger partial charge in [0.2, 0.25) is 5.91 Å². The quantitative estimate of drug-likeness (QED) is 0.386. The Hall–Kier alpha value is -3.39. The highest BCUT2D eigenvalue weighted by Gasteiger charge is 2.05. The lowest BCUT2D eigenvalue weighted by atomic mass is 10.0. The van der Waals surface area contributed by atoms with E-state index < -0.39 is 0 Å². The Morgan fingerprint density at radius 3 is 2.18 bits per heavy atom. The molecule has 0 heterocycles. The molecule has 0 fully saturated rings. The molecule has 2 aromatic carbocycles. The molecule has 0 unspecified atom stereocenters. The molecule has 0 spiro atoms. The van der Waals surface area contributed by atoms with E-state index in [1.165, 1.54) is 0 Å². The predicted molar refractivity (Wildman–Crippen MR) is 109 cm³/mol. The van der Waals surface area contributed by atoms with Crippen molar-refractivity contribution in [3.63, 3.8) is 0 Å². The number of amides is 1. The summed E-state index contributed by atoms with van der Waals surface area (Å²) < 4.78 is 5.01. The molecule has 1 N–H and O–H groups in total. The Bertz CT molecular complexity index is 862. The molecular formula is C23H24N2O3. The fourth-order valence-corrected chi connectivity index (χ4v) is 2.56. The topological polar surface area (TPSA) is 79.2 Å². The van der Waals surface area contributed by atoms with Crippen LogP contribution in [0.3, 0.4) is 0 Å². The number of nitriles is 1. The van der Waals surface area contributed by atoms with Crippen LogP contribution in [0.15, 0.2) is 60.7 Å². The van der Waals surface area contributed by atoms with E-state index in [9.17, 15) is 9.59 Å². The number of rotatable bonds is 9. The van der Waals surface area contributed by atoms with E-state index in [4.69, 9.17) is 10.00 Å². The molecule has 2 rings (SSSR count). The third kappa shape index (κ3) is 6.73. The highest BCUT2D eigenvalue weighted by Crippen LogP contribution is 2.22. The van der Waals surface area contributed by atoms with Crippen molar-refractivity contribution in [1.82, 2.24) is 0 Å². The highest BCUT2D eigenvalue weighted by atomic mass is 16.5. The molecule has 0 saturated heterocycles. The minimum Gasteiger partial charge on any atom is -0.462 e. The molecule has 2 aromatic rings. The summed E-state index contributed by atoms with van der Waals surface area (Å²) in [4.78, 5) is 23.3. The Morgan fingerprint density at radius 2 is 1.61 bits per heavy atom. The van der Waals surface area contributed by atoms with Gasteiger partial charge in [-0.3, -0.25) is 4.79 Å². The van der Waals surface area contributed by atoms with Crippen molar-refractivity contribution in [1.29, 1.82) is 5.26 Å². The Morgan fingerprint density at radius 1 is 1.00 bits per heavy atom. The summed E-state index contributed by atoms with van der Waals surface area (Å²) in [6.45, 7) is 5.49. The molecule has 0 bridgehead atoms. The van der Waals surface area contributed by atoms with Crippen molar-refractivity contribution in [2.24, 2.45) is 0 Å². The number of carbonyl (C=O) groups is 2. The van der Waals surface area contributed by atoms with Gasteiger partial charge in [-0.1, -0.05) is 30.8 Å². The first-order chi connectivity index (χ1) is 13.5. The summed E-state index contributed by atoms with van der Waals surface area (Å²) in [6.07, 6.45) is 2.70. The van der Waals surface area contributed by atoms with Gasteiger partial charge in [-0.25, -0.2) is 4.79 Å². The van der Waals surface area contributed by atoms with Crippen molar-refractivity contribution < 1.29 is 14.3 Å². The minimum atomic E-state index is -0.373. The molecule has 5 nitrogen and oxygen atoms in total. The number of anilines is 1. The first-order valence-electron chi connectivity index (χ1n) is 9.22. The number of benzene rings is 2. The molecule has 0 radical (unpaired) electrons. The Balaban J connectivity index is 1.71. The van der Waals surface area contributed by atoms with Crippen LogP contribution in [0.2, 0.25) is 0 Å². The van der Waals surface area contributed by atoms with Crippen LogP contribution in [0.1, 0.15) is 38.2 Å². The number of esters is 1. The van der Waals surface area contributed by atoms with Gasteiger partial charge in [0.1, 0.15) is 0 Å². The van der Waals surface area contributed by atoms with Crippen LogP contribution in [-0.2, 0) is 14.3 Å². The maximum atomic E-state index is 12.0. The minimum absolute atomic E-state index is 0.0370. The standard InChI is InChI=1S/C23H24N2O3/c1-17(2)23(27)28-15-5-3-4-6-22(26)25-21-13-11-20(12-14-21)19-9-7-18(16-24)8-10-19/h7-14H,1,3-6,15H2,2H3,(H,25,26). The number of unbranched alkanes of at least 4 members (excludes halogenated alkanes) is 2. The van der Waals surface area contributed by atoms with Crippen molar-refractivity contribution in [2.45, 2.75) is 32.6 Å². The van der Waals surface area contributed by atoms with Crippen LogP contribution >= 0.6 is 0 Å². The lowest BCUT2D eigenvalue weighted by molar-refractivity contribution is -0.139. The second-order valence-corrected chi connectivity index (χ2v) is 6.54. The molecule has 0 aliphatic heterocycles. The van der Waals surface area contributed by atoms with E-state index in [2.05, 4.69) is 18.0 Å². The zero-order valence-corrected chi connectivity index (χ0v) is 16.0. The molecule has 1 amide bonds. The summed E-state index contributed by atoms with van der Waals surface area (Å²) >= 11 is 0. The van der Waals surface area contributed by atoms with Gasteiger partial charge in [0, 0.05) is 17.7 Å². The summed E-state index contributed by atoms with van der Waals surface area (Å²) in [5.41, 5.74) is 3.81. The monoisotopic (exact) mass is 376 g/mol. The summed E-state index contributed by atoms with van der Waals surface area (Å²) in [6, 6.07) is 17.1. The van der Waals surface area contributed by atoms with Gasteiger partial charge >= 0.3 is 5.97 Å². The number of hydrogen-bond acceptors (Lipinski definition) is 4. The molecule has 0 saturated carbocycles. The van der Waals surface area contributed by atoms with Gasteiger partial charge < -0.3 is 10.1 Å². The average molecular weight is 376 g/mol. The van der Waals surface area contributed by atoms with E-state index >= 15 is 0 Å². The molecule has 0 aliphatic carbocycles. The zero-order valence-electron chi connectivity index (χ0n) is 16.0. The van der Waals surface area contributed by atoms with Gasteiger partial charge in [0.05, 0.1) is 18.2 Å². The van der Waals surface area contributed by atoms with Crippen LogP contribution in [0.4, 0.5) is 5.69 Å². The van der Waals surface area contributed by atoms with Crippen molar-refractivity contribution in [2.75, 3.05) is 11.9 Å². The third-order valence-electron chi connectivity index (χ3n) is 4.15. The number of nitrogens with zero attached hydrogens (tertiary/aromatic N) is 1. The third-order valence-corrected chi connectivity index (χ3v) is 4.15. The second kappa shape index (κ2) is 10.7. The van der Waals surface area contributed by atoms with Crippen molar-refractivity contribution in [3.05, 3.63) is 66.2 Å². The number of ether oxygens (including phenoxy) is 1. The number of hydrogen-bond donors (Lipinski definition) is 1. The molecule has 0 aliphatic rings. The van der Waals surface area contributed by atoms with E-state index in [-0.39, 0.29) is 11.9 Å². The van der Waals surface area contributed by atoms with Gasteiger partial charge in [-0.2, -0.15) is 5.26 Å². The molecule has 5 heteroatoms. The maximum absolute atomic E-state index is 12.0. The van der Waals surface area contributed by atoms with E-state index in [1.807, 2.05) is 36.4 Å². The van der Waals surface area contributed by atoms with Crippen molar-refractivity contribution in [3.8, 4) is 17.2 Å². The largest absolute Gasteiger partial charge is 0.462 e. The maximum Gasteiger partial charge on any atom is 0.333 e. The fraction of sp³-hybridized carbons (Fsp3) is 0.261. The lowest BCUT2D eigenvalue weighted by Crippen LogP contribution is -2.11. The van der Waals surface area contributed by atoms with Crippen molar-refractivity contribution >= 4 is 17.6 Å². The normalized spacial score (nSPS) is 10.0. The molecule has 0 aromatic heterocycles. The first-order valence-corrected chi connectivity index (χ1v) is 9.22. The molecule has 0 atom stereocenters. The fourth-order valence-electron chi connectivity index (χ4n) is 2.56. The van der Waals surface area contributed by atoms with Gasteiger partial charge in [-0.05, 0) is 61.6 Å². The van der Waals surface area contributed by atoms with E-state index in [0.29, 0.717) is 24.2 Å². The van der Waals surface area contributed by atoms with Crippen LogP contribution in [0, 0.1) is 11.3 Å². The van der Waals surface area contributed by atoms with Gasteiger partial charge in [0.25, 0.3) is 0 Å². The summed E-state index contributed by atoms with van der Waals surface area (Å²) in [7, 11) is 0. The van der Waals surface area contributed by atoms with E-state index in [1.54, 1.807) is 19.1 Å².